The van der Waals surface area contributed by atoms with Gasteiger partial charge in [0.15, 0.2) is 6.54 Å². The van der Waals surface area contributed by atoms with Crippen molar-refractivity contribution in [3.8, 4) is 0 Å². The molecule has 0 saturated carbocycles. The minimum absolute atomic E-state index is 0. The fourth-order valence-corrected chi connectivity index (χ4v) is 9.81. The minimum Gasteiger partial charge on any atom is -1.00 e. The zero-order valence-corrected chi connectivity index (χ0v) is 32.0. The van der Waals surface area contributed by atoms with E-state index in [2.05, 4.69) is 139 Å². The van der Waals surface area contributed by atoms with Gasteiger partial charge < -0.3 is 33.8 Å². The fraction of sp³-hybridized carbons (Fsp3) is 0.122. The van der Waals surface area contributed by atoms with Crippen molar-refractivity contribution in [1.82, 2.24) is 4.90 Å². The van der Waals surface area contributed by atoms with Crippen molar-refractivity contribution in [3.63, 3.8) is 0 Å². The SMILES string of the molecule is C=CC[N+]1=C(C=C2SC(c3ccccc3)=C(c3ccccc3)N2CC)SC(=C(C=C2Sc3ccccc3N2CC)c2ccccc2)C1=O.[I-]. The van der Waals surface area contributed by atoms with Crippen molar-refractivity contribution in [2.24, 2.45) is 0 Å². The molecule has 4 aromatic rings. The van der Waals surface area contributed by atoms with E-state index in [0.29, 0.717) is 6.54 Å². The van der Waals surface area contributed by atoms with Gasteiger partial charge in [-0.1, -0.05) is 133 Å². The number of hydrogen-bond acceptors (Lipinski definition) is 6. The predicted octanol–water partition coefficient (Wildman–Crippen LogP) is 7.18. The summed E-state index contributed by atoms with van der Waals surface area (Å²) in [6, 6.07) is 40.0. The van der Waals surface area contributed by atoms with Crippen LogP contribution in [0.1, 0.15) is 30.5 Å². The first kappa shape index (κ1) is 35.1. The molecule has 3 aliphatic rings. The predicted molar refractivity (Wildman–Crippen MR) is 207 cm³/mol. The molecule has 4 nitrogen and oxygen atoms in total. The molecular weight excluding hydrogens is 774 g/mol. The number of thioether (sulfide) groups is 3. The Hall–Kier alpha value is -3.70. The first-order chi connectivity index (χ1) is 23.6. The third-order valence-electron chi connectivity index (χ3n) is 8.38. The zero-order chi connectivity index (χ0) is 33.0. The van der Waals surface area contributed by atoms with Gasteiger partial charge in [0.25, 0.3) is 5.04 Å². The number of carbonyl (C=O) groups excluding carboxylic acids is 1. The Morgan fingerprint density at radius 1 is 0.735 bits per heavy atom. The molecule has 1 amide bonds. The van der Waals surface area contributed by atoms with Crippen molar-refractivity contribution in [2.75, 3.05) is 24.5 Å². The van der Waals surface area contributed by atoms with Gasteiger partial charge in [-0.15, -0.1) is 4.58 Å². The molecule has 0 aromatic heterocycles. The van der Waals surface area contributed by atoms with Gasteiger partial charge in [0, 0.05) is 34.5 Å². The average Bonchev–Trinajstić information content (AvgIpc) is 3.79. The Bertz CT molecular complexity index is 2040. The van der Waals surface area contributed by atoms with Gasteiger partial charge >= 0.3 is 5.91 Å². The van der Waals surface area contributed by atoms with E-state index in [-0.39, 0.29) is 29.9 Å². The number of amides is 1. The van der Waals surface area contributed by atoms with E-state index >= 15 is 0 Å². The highest BCUT2D eigenvalue weighted by Crippen LogP contribution is 2.51. The van der Waals surface area contributed by atoms with Crippen LogP contribution in [0.5, 0.6) is 0 Å². The average molecular weight is 810 g/mol. The van der Waals surface area contributed by atoms with Gasteiger partial charge in [-0.3, -0.25) is 0 Å². The van der Waals surface area contributed by atoms with Gasteiger partial charge in [-0.2, -0.15) is 0 Å². The minimum atomic E-state index is -0.00316. The molecule has 7 rings (SSSR count). The summed E-state index contributed by atoms with van der Waals surface area (Å²) in [5.41, 5.74) is 6.70. The number of rotatable bonds is 9. The maximum atomic E-state index is 14.4. The van der Waals surface area contributed by atoms with Crippen LogP contribution >= 0.6 is 35.3 Å². The molecule has 0 saturated heterocycles. The van der Waals surface area contributed by atoms with E-state index in [1.54, 1.807) is 35.3 Å². The smallest absolute Gasteiger partial charge is 0.428 e. The summed E-state index contributed by atoms with van der Waals surface area (Å²) < 4.78 is 1.87. The number of allylic oxidation sites excluding steroid dienone is 2. The first-order valence-corrected chi connectivity index (χ1v) is 18.6. The number of carbonyl (C=O) groups is 1. The standard InChI is InChI=1S/C41H36N3OS3.HI/c1-4-26-44-37(28-36-43(6-3)38(30-20-12-8-13-21-30)39(47-36)31-22-14-9-15-23-31)48-40(41(44)45)32(29-18-10-7-11-19-29)27-35-42(5-2)33-24-16-17-25-34(33)46-35;/h4,7-25,27-28H,1,5-6,26H2,2-3H3;1H/q+1;/p-1. The molecule has 3 aliphatic heterocycles. The molecule has 49 heavy (non-hydrogen) atoms. The van der Waals surface area contributed by atoms with E-state index in [1.807, 2.05) is 28.9 Å². The lowest BCUT2D eigenvalue weighted by Gasteiger charge is -2.21. The highest BCUT2D eigenvalue weighted by atomic mass is 127. The number of halogens is 1. The number of hydrogen-bond donors (Lipinski definition) is 0. The summed E-state index contributed by atoms with van der Waals surface area (Å²) in [4.78, 5) is 22.3. The van der Waals surface area contributed by atoms with Gasteiger partial charge in [0.05, 0.1) is 21.4 Å². The maximum Gasteiger partial charge on any atom is 0.428 e. The lowest BCUT2D eigenvalue weighted by Crippen LogP contribution is -3.00. The second kappa shape index (κ2) is 15.9. The van der Waals surface area contributed by atoms with Crippen LogP contribution < -0.4 is 28.9 Å². The maximum absolute atomic E-state index is 14.4. The van der Waals surface area contributed by atoms with Gasteiger partial charge in [-0.05, 0) is 66.6 Å². The van der Waals surface area contributed by atoms with E-state index in [0.717, 1.165) is 44.2 Å². The van der Waals surface area contributed by atoms with E-state index < -0.39 is 0 Å². The highest BCUT2D eigenvalue weighted by Gasteiger charge is 2.40. The molecule has 3 heterocycles. The molecular formula is C41H36IN3OS3. The monoisotopic (exact) mass is 809 g/mol. The second-order valence-corrected chi connectivity index (χ2v) is 14.4. The van der Waals surface area contributed by atoms with Gasteiger partial charge in [-0.25, -0.2) is 4.79 Å². The molecule has 0 fully saturated rings. The molecule has 0 bridgehead atoms. The van der Waals surface area contributed by atoms with Crippen LogP contribution in [0, 0.1) is 0 Å². The number of nitrogens with zero attached hydrogens (tertiary/aromatic N) is 3. The number of benzene rings is 4. The molecule has 0 atom stereocenters. The second-order valence-electron chi connectivity index (χ2n) is 11.3. The Morgan fingerprint density at radius 3 is 2.00 bits per heavy atom. The molecule has 8 heteroatoms. The van der Waals surface area contributed by atoms with Crippen molar-refractivity contribution in [3.05, 3.63) is 172 Å². The fourth-order valence-electron chi connectivity index (χ4n) is 6.15. The Morgan fingerprint density at radius 2 is 1.35 bits per heavy atom. The highest BCUT2D eigenvalue weighted by molar-refractivity contribution is 8.19. The number of anilines is 1. The number of para-hydroxylation sites is 1. The molecule has 4 aromatic carbocycles. The van der Waals surface area contributed by atoms with Crippen LogP contribution in [-0.2, 0) is 4.79 Å². The van der Waals surface area contributed by atoms with Crippen molar-refractivity contribution >= 4 is 68.1 Å². The molecule has 0 radical (unpaired) electrons. The van der Waals surface area contributed by atoms with Crippen molar-refractivity contribution in [1.29, 1.82) is 0 Å². The normalized spacial score (nSPS) is 18.4. The zero-order valence-electron chi connectivity index (χ0n) is 27.4. The third kappa shape index (κ3) is 7.01. The Kier molecular flexibility index (Phi) is 11.4. The lowest BCUT2D eigenvalue weighted by molar-refractivity contribution is -0.428. The summed E-state index contributed by atoms with van der Waals surface area (Å²) in [5.74, 6) is -0.00316. The number of fused-ring (bicyclic) bond motifs is 1. The summed E-state index contributed by atoms with van der Waals surface area (Å²) in [7, 11) is 0. The molecule has 0 unspecified atom stereocenters. The van der Waals surface area contributed by atoms with Crippen LogP contribution in [0.15, 0.2) is 160 Å². The van der Waals surface area contributed by atoms with Crippen molar-refractivity contribution < 1.29 is 33.3 Å². The lowest BCUT2D eigenvalue weighted by atomic mass is 10.0. The van der Waals surface area contributed by atoms with Crippen LogP contribution in [0.2, 0.25) is 0 Å². The van der Waals surface area contributed by atoms with Crippen molar-refractivity contribution in [2.45, 2.75) is 18.7 Å². The van der Waals surface area contributed by atoms with E-state index in [1.165, 1.54) is 32.3 Å². The first-order valence-electron chi connectivity index (χ1n) is 16.2. The van der Waals surface area contributed by atoms with Crippen LogP contribution in [0.3, 0.4) is 0 Å². The van der Waals surface area contributed by atoms with E-state index in [4.69, 9.17) is 0 Å². The Labute approximate surface area is 319 Å². The van der Waals surface area contributed by atoms with E-state index in [9.17, 15) is 4.79 Å². The molecule has 246 valence electrons. The van der Waals surface area contributed by atoms with Gasteiger partial charge in [0.2, 0.25) is 0 Å². The molecule has 0 aliphatic carbocycles. The summed E-state index contributed by atoms with van der Waals surface area (Å²) in [6.07, 6.45) is 6.21. The summed E-state index contributed by atoms with van der Waals surface area (Å²) in [6.45, 7) is 10.4. The quantitative estimate of drug-likeness (QED) is 0.0771. The molecule has 0 N–H and O–H groups in total. The largest absolute Gasteiger partial charge is 1.00 e. The third-order valence-corrected chi connectivity index (χ3v) is 11.8. The van der Waals surface area contributed by atoms with Gasteiger partial charge in [0.1, 0.15) is 4.91 Å². The topological polar surface area (TPSA) is 26.6 Å². The van der Waals surface area contributed by atoms with Crippen LogP contribution in [0.25, 0.3) is 16.2 Å². The molecule has 0 spiro atoms. The summed E-state index contributed by atoms with van der Waals surface area (Å²) in [5, 5.41) is 3.12. The van der Waals surface area contributed by atoms with Crippen LogP contribution in [0.4, 0.5) is 5.69 Å². The Balaban J connectivity index is 0.00000417. The summed E-state index contributed by atoms with van der Waals surface area (Å²) >= 11 is 5.08. The van der Waals surface area contributed by atoms with Crippen LogP contribution in [-0.4, -0.2) is 40.1 Å².